The number of hydrogen-bond donors (Lipinski definition) is 2. The third kappa shape index (κ3) is 3.33. The molecule has 0 bridgehead atoms. The van der Waals surface area contributed by atoms with Gasteiger partial charge in [0.05, 0.1) is 11.4 Å². The van der Waals surface area contributed by atoms with Gasteiger partial charge in [-0.25, -0.2) is 13.8 Å². The summed E-state index contributed by atoms with van der Waals surface area (Å²) in [6.07, 6.45) is 1.04. The molecule has 1 unspecified atom stereocenters. The van der Waals surface area contributed by atoms with Gasteiger partial charge < -0.3 is 14.5 Å². The van der Waals surface area contributed by atoms with Crippen LogP contribution in [0.2, 0.25) is 0 Å². The third-order valence-electron chi connectivity index (χ3n) is 3.59. The Kier molecular flexibility index (Phi) is 4.44. The van der Waals surface area contributed by atoms with Gasteiger partial charge in [-0.2, -0.15) is 13.8 Å². The summed E-state index contributed by atoms with van der Waals surface area (Å²) in [6, 6.07) is 2.06. The lowest BCUT2D eigenvalue weighted by Gasteiger charge is -2.19. The average Bonchev–Trinajstić information content (AvgIpc) is 3.11. The Hall–Kier alpha value is -1.09. The minimum absolute atomic E-state index is 0.0366. The van der Waals surface area contributed by atoms with Gasteiger partial charge >= 0.3 is 11.7 Å². The zero-order chi connectivity index (χ0) is 17.7. The monoisotopic (exact) mass is 428 g/mol. The van der Waals surface area contributed by atoms with Crippen molar-refractivity contribution < 1.29 is 32.1 Å². The lowest BCUT2D eigenvalue weighted by atomic mass is 10.1. The molecule has 11 heteroatoms. The Bertz CT molecular complexity index is 793. The number of benzene rings is 1. The van der Waals surface area contributed by atoms with Crippen LogP contribution < -0.4 is 4.74 Å². The number of halogens is 5. The second-order valence-electron chi connectivity index (χ2n) is 5.35. The second-order valence-corrected chi connectivity index (χ2v) is 7.34. The Morgan fingerprint density at radius 2 is 2.04 bits per heavy atom. The van der Waals surface area contributed by atoms with E-state index in [0.717, 1.165) is 6.07 Å². The van der Waals surface area contributed by atoms with Crippen molar-refractivity contribution in [1.29, 1.82) is 0 Å². The predicted molar refractivity (Wildman–Crippen MR) is 81.0 cm³/mol. The molecular weight excluding hydrogens is 419 g/mol. The topological polar surface area (TPSA) is 75.5 Å². The van der Waals surface area contributed by atoms with Crippen molar-refractivity contribution in [3.63, 3.8) is 0 Å². The minimum Gasteiger partial charge on any atom is -0.463 e. The number of fused-ring (bicyclic) bond motifs is 1. The molecule has 0 spiro atoms. The third-order valence-corrected chi connectivity index (χ3v) is 4.99. The Labute approximate surface area is 142 Å². The molecule has 5 nitrogen and oxygen atoms in total. The first-order chi connectivity index (χ1) is 11.1. The average molecular weight is 429 g/mol. The van der Waals surface area contributed by atoms with Crippen LogP contribution in [0.15, 0.2) is 22.8 Å². The van der Waals surface area contributed by atoms with Crippen LogP contribution in [0.3, 0.4) is 0 Å². The maximum atomic E-state index is 13.9. The molecule has 0 saturated heterocycles. The van der Waals surface area contributed by atoms with Gasteiger partial charge in [0.1, 0.15) is 6.61 Å². The van der Waals surface area contributed by atoms with E-state index in [2.05, 4.69) is 25.9 Å². The van der Waals surface area contributed by atoms with Crippen LogP contribution in [0.4, 0.5) is 17.6 Å². The van der Waals surface area contributed by atoms with Crippen molar-refractivity contribution in [2.45, 2.75) is 18.0 Å². The van der Waals surface area contributed by atoms with E-state index in [4.69, 9.17) is 14.5 Å². The first-order valence-corrected chi connectivity index (χ1v) is 8.68. The van der Waals surface area contributed by atoms with Crippen molar-refractivity contribution in [3.8, 4) is 6.01 Å². The lowest BCUT2D eigenvalue weighted by Crippen LogP contribution is -2.12. The zero-order valence-electron chi connectivity index (χ0n) is 11.8. The number of hydrogen-bond acceptors (Lipinski definition) is 5. The molecule has 1 aromatic carbocycles. The van der Waals surface area contributed by atoms with Gasteiger partial charge in [-0.15, -0.1) is 0 Å². The maximum Gasteiger partial charge on any atom is 0.340 e. The molecule has 1 fully saturated rings. The highest BCUT2D eigenvalue weighted by atomic mass is 79.9. The number of alkyl halides is 4. The van der Waals surface area contributed by atoms with Crippen LogP contribution in [-0.2, 0) is 5.66 Å². The smallest absolute Gasteiger partial charge is 0.340 e. The van der Waals surface area contributed by atoms with Gasteiger partial charge in [-0.05, 0) is 12.1 Å². The summed E-state index contributed by atoms with van der Waals surface area (Å²) < 4.78 is 58.4. The van der Waals surface area contributed by atoms with Crippen molar-refractivity contribution >= 4 is 35.2 Å². The number of ether oxygens (including phenoxy) is 1. The summed E-state index contributed by atoms with van der Waals surface area (Å²) in [5.74, 6) is -3.63. The fraction of sp³-hybridized carbons (Fsp3) is 0.385. The molecule has 1 saturated carbocycles. The fourth-order valence-corrected chi connectivity index (χ4v) is 3.23. The van der Waals surface area contributed by atoms with E-state index in [1.54, 1.807) is 0 Å². The number of nitrogens with zero attached hydrogens (tertiary/aromatic N) is 2. The molecule has 1 aromatic heterocycles. The molecule has 2 aromatic rings. The zero-order valence-corrected chi connectivity index (χ0v) is 14.2. The summed E-state index contributed by atoms with van der Waals surface area (Å²) >= 11 is 2.95. The SMILES string of the molecule is OP(O)C(F)(F)c1cc2nc(OCC3CC3(F)F)ncc2cc1Br. The molecule has 1 heterocycles. The molecule has 0 amide bonds. The van der Waals surface area contributed by atoms with E-state index < -0.39 is 31.4 Å². The van der Waals surface area contributed by atoms with Crippen LogP contribution >= 0.6 is 24.3 Å². The van der Waals surface area contributed by atoms with Crippen molar-refractivity contribution in [2.24, 2.45) is 5.92 Å². The highest BCUT2D eigenvalue weighted by molar-refractivity contribution is 9.10. The van der Waals surface area contributed by atoms with Gasteiger partial charge in [-0.3, -0.25) is 0 Å². The summed E-state index contributed by atoms with van der Waals surface area (Å²) in [6.45, 7) is -0.267. The second kappa shape index (κ2) is 6.01. The van der Waals surface area contributed by atoms with Crippen LogP contribution in [0, 0.1) is 5.92 Å². The maximum absolute atomic E-state index is 13.9. The molecule has 1 aliphatic carbocycles. The predicted octanol–water partition coefficient (Wildman–Crippen LogP) is 3.77. The lowest BCUT2D eigenvalue weighted by molar-refractivity contribution is 0.0726. The van der Waals surface area contributed by atoms with E-state index in [1.165, 1.54) is 12.3 Å². The summed E-state index contributed by atoms with van der Waals surface area (Å²) in [5.41, 5.74) is -4.44. The molecular formula is C13H10BrF4N2O3P. The molecule has 1 atom stereocenters. The van der Waals surface area contributed by atoms with E-state index in [-0.39, 0.29) is 29.0 Å². The highest BCUT2D eigenvalue weighted by Gasteiger charge is 2.57. The molecule has 130 valence electrons. The molecule has 1 aliphatic rings. The van der Waals surface area contributed by atoms with E-state index in [1.807, 2.05) is 0 Å². The van der Waals surface area contributed by atoms with E-state index in [0.29, 0.717) is 5.39 Å². The van der Waals surface area contributed by atoms with Gasteiger partial charge in [0.15, 0.2) is 0 Å². The first-order valence-electron chi connectivity index (χ1n) is 6.64. The number of aromatic nitrogens is 2. The summed E-state index contributed by atoms with van der Waals surface area (Å²) in [7, 11) is -3.54. The van der Waals surface area contributed by atoms with Crippen molar-refractivity contribution in [3.05, 3.63) is 28.4 Å². The van der Waals surface area contributed by atoms with Crippen molar-refractivity contribution in [1.82, 2.24) is 9.97 Å². The first kappa shape index (κ1) is 17.7. The molecule has 3 rings (SSSR count). The Morgan fingerprint density at radius 1 is 1.38 bits per heavy atom. The van der Waals surface area contributed by atoms with E-state index >= 15 is 0 Å². The molecule has 24 heavy (non-hydrogen) atoms. The number of rotatable bonds is 5. The van der Waals surface area contributed by atoms with Gasteiger partial charge in [-0.1, -0.05) is 15.9 Å². The van der Waals surface area contributed by atoms with Crippen LogP contribution in [0.1, 0.15) is 12.0 Å². The normalized spacial score (nSPS) is 19.8. The van der Waals surface area contributed by atoms with E-state index in [9.17, 15) is 17.6 Å². The molecule has 0 radical (unpaired) electrons. The summed E-state index contributed by atoms with van der Waals surface area (Å²) in [5, 5.41) is 0.394. The Balaban J connectivity index is 1.89. The molecule has 2 N–H and O–H groups in total. The largest absolute Gasteiger partial charge is 0.463 e. The van der Waals surface area contributed by atoms with Gasteiger partial charge in [0.2, 0.25) is 8.38 Å². The van der Waals surface area contributed by atoms with Gasteiger partial charge in [0.25, 0.3) is 5.92 Å². The standard InChI is InChI=1S/C13H10BrF4N2O3P/c14-9-1-6-4-19-11(23-5-7-3-12(7,15)16)20-10(6)2-8(9)13(17,18)24(21)22/h1-2,4,7,21-22H,3,5H2. The minimum atomic E-state index is -3.86. The summed E-state index contributed by atoms with van der Waals surface area (Å²) in [4.78, 5) is 25.6. The van der Waals surface area contributed by atoms with Crippen LogP contribution in [-0.4, -0.2) is 32.3 Å². The quantitative estimate of drug-likeness (QED) is 0.559. The van der Waals surface area contributed by atoms with Gasteiger partial charge in [0, 0.05) is 28.0 Å². The van der Waals surface area contributed by atoms with Crippen LogP contribution in [0.25, 0.3) is 10.9 Å². The van der Waals surface area contributed by atoms with Crippen LogP contribution in [0.5, 0.6) is 6.01 Å². The fourth-order valence-electron chi connectivity index (χ4n) is 2.07. The highest BCUT2D eigenvalue weighted by Crippen LogP contribution is 2.54. The Morgan fingerprint density at radius 3 is 2.62 bits per heavy atom. The molecule has 0 aliphatic heterocycles. The van der Waals surface area contributed by atoms with Crippen molar-refractivity contribution in [2.75, 3.05) is 6.61 Å².